The summed E-state index contributed by atoms with van der Waals surface area (Å²) in [5, 5.41) is 11.2. The molecular formula is C43H54N4O5. The van der Waals surface area contributed by atoms with Crippen molar-refractivity contribution in [2.24, 2.45) is 33.0 Å². The molecule has 1 aromatic heterocycles. The van der Waals surface area contributed by atoms with Crippen LogP contribution in [0.1, 0.15) is 103 Å². The van der Waals surface area contributed by atoms with Crippen molar-refractivity contribution in [3.63, 3.8) is 0 Å². The summed E-state index contributed by atoms with van der Waals surface area (Å²) in [4.78, 5) is 39.7. The van der Waals surface area contributed by atoms with Crippen LogP contribution in [0.15, 0.2) is 76.7 Å². The van der Waals surface area contributed by atoms with Crippen molar-refractivity contribution in [2.75, 3.05) is 13.7 Å². The molecule has 6 atom stereocenters. The second-order valence-electron chi connectivity index (χ2n) is 17.5. The summed E-state index contributed by atoms with van der Waals surface area (Å²) < 4.78 is 13.0. The molecule has 7 rings (SSSR count). The van der Waals surface area contributed by atoms with Gasteiger partial charge in [0.2, 0.25) is 5.78 Å². The van der Waals surface area contributed by atoms with Gasteiger partial charge in [-0.05, 0) is 111 Å². The SMILES string of the molecule is COC(=O)[C@]1(C)CC[C@]2(C)CC[C@]3(C)C4=CC=C5C(=CC(=O)C(OCC(=O)NCc6cn(Cc7ccc(C)cc7)nn6)=C5C)[C@]4(C)CC[C@@]3(C)[C@@H]2C1. The van der Waals surface area contributed by atoms with E-state index in [0.29, 0.717) is 18.2 Å². The normalized spacial score (nSPS) is 33.7. The maximum Gasteiger partial charge on any atom is 0.311 e. The third-order valence-corrected chi connectivity index (χ3v) is 14.4. The van der Waals surface area contributed by atoms with E-state index in [-0.39, 0.29) is 58.2 Å². The number of nitrogens with zero attached hydrogens (tertiary/aromatic N) is 3. The fourth-order valence-corrected chi connectivity index (χ4v) is 10.8. The summed E-state index contributed by atoms with van der Waals surface area (Å²) in [6.45, 7) is 16.3. The third-order valence-electron chi connectivity index (χ3n) is 14.4. The molecule has 0 spiro atoms. The topological polar surface area (TPSA) is 112 Å². The molecular weight excluding hydrogens is 652 g/mol. The zero-order valence-corrected chi connectivity index (χ0v) is 32.2. The summed E-state index contributed by atoms with van der Waals surface area (Å²) in [6.07, 6.45) is 15.0. The van der Waals surface area contributed by atoms with Gasteiger partial charge in [-0.25, -0.2) is 4.68 Å². The minimum Gasteiger partial charge on any atom is -0.479 e. The van der Waals surface area contributed by atoms with Crippen LogP contribution in [-0.4, -0.2) is 46.4 Å². The molecule has 0 radical (unpaired) electrons. The molecule has 0 bridgehead atoms. The maximum absolute atomic E-state index is 13.8. The van der Waals surface area contributed by atoms with E-state index in [1.54, 1.807) is 10.8 Å². The van der Waals surface area contributed by atoms with Gasteiger partial charge in [-0.15, -0.1) is 5.10 Å². The van der Waals surface area contributed by atoms with Crippen molar-refractivity contribution < 1.29 is 23.9 Å². The molecule has 5 aliphatic rings. The first kappa shape index (κ1) is 36.1. The quantitative estimate of drug-likeness (QED) is 0.283. The Balaban J connectivity index is 1.06. The number of ether oxygens (including phenoxy) is 2. The first-order valence-electron chi connectivity index (χ1n) is 18.9. The summed E-state index contributed by atoms with van der Waals surface area (Å²) >= 11 is 0. The zero-order valence-electron chi connectivity index (χ0n) is 32.2. The summed E-state index contributed by atoms with van der Waals surface area (Å²) in [7, 11) is 1.52. The number of benzene rings is 1. The standard InChI is InChI=1S/C43H54N4O5/c1-27-9-11-29(12-10-27)24-47-25-30(45-46-47)23-44-36(49)26-52-37-28(2)31-13-14-34-41(5,32(31)21-33(37)48)18-20-43(7)35-22-40(4,38(50)51-8)16-15-39(35,3)17-19-42(34,43)6/h9-14,21,25,35H,15-20,22-24,26H2,1-8H3,(H,44,49)/t35-,39-,40-,41+,42-,43+/m1/s1. The molecule has 1 heterocycles. The Labute approximate surface area is 308 Å². The Morgan fingerprint density at radius 3 is 2.42 bits per heavy atom. The lowest BCUT2D eigenvalue weighted by Crippen LogP contribution is -2.62. The van der Waals surface area contributed by atoms with Gasteiger partial charge in [-0.3, -0.25) is 14.4 Å². The van der Waals surface area contributed by atoms with Crippen molar-refractivity contribution in [1.82, 2.24) is 20.3 Å². The average Bonchev–Trinajstić information content (AvgIpc) is 3.57. The van der Waals surface area contributed by atoms with Crippen LogP contribution >= 0.6 is 0 Å². The number of aryl methyl sites for hydroxylation is 1. The highest BCUT2D eigenvalue weighted by Crippen LogP contribution is 2.75. The summed E-state index contributed by atoms with van der Waals surface area (Å²) in [5.41, 5.74) is 6.50. The summed E-state index contributed by atoms with van der Waals surface area (Å²) in [5.74, 6) is -0.0165. The van der Waals surface area contributed by atoms with Crippen LogP contribution < -0.4 is 5.32 Å². The number of esters is 1. The number of carbonyl (C=O) groups excluding carboxylic acids is 3. The van der Waals surface area contributed by atoms with Gasteiger partial charge in [0.1, 0.15) is 5.69 Å². The van der Waals surface area contributed by atoms with Crippen molar-refractivity contribution in [3.8, 4) is 0 Å². The van der Waals surface area contributed by atoms with Gasteiger partial charge in [0.15, 0.2) is 12.4 Å². The van der Waals surface area contributed by atoms with Crippen LogP contribution in [0.3, 0.4) is 0 Å². The number of hydrogen-bond donors (Lipinski definition) is 1. The number of allylic oxidation sites excluding steroid dienone is 7. The average molecular weight is 707 g/mol. The molecule has 276 valence electrons. The molecule has 3 saturated carbocycles. The van der Waals surface area contributed by atoms with Crippen LogP contribution in [0.4, 0.5) is 0 Å². The van der Waals surface area contributed by atoms with Gasteiger partial charge in [-0.2, -0.15) is 0 Å². The molecule has 0 aliphatic heterocycles. The number of rotatable bonds is 8. The molecule has 1 aromatic carbocycles. The number of nitrogens with one attached hydrogen (secondary N) is 1. The van der Waals surface area contributed by atoms with Crippen LogP contribution in [-0.2, 0) is 36.9 Å². The van der Waals surface area contributed by atoms with E-state index in [4.69, 9.17) is 9.47 Å². The Hall–Kier alpha value is -4.27. The van der Waals surface area contributed by atoms with Crippen LogP contribution in [0.5, 0.6) is 0 Å². The molecule has 9 nitrogen and oxygen atoms in total. The van der Waals surface area contributed by atoms with Crippen molar-refractivity contribution in [3.05, 3.63) is 93.6 Å². The summed E-state index contributed by atoms with van der Waals surface area (Å²) in [6, 6.07) is 8.25. The molecule has 5 aliphatic carbocycles. The van der Waals surface area contributed by atoms with E-state index in [0.717, 1.165) is 67.2 Å². The third kappa shape index (κ3) is 5.70. The Morgan fingerprint density at radius 1 is 0.962 bits per heavy atom. The predicted octanol–water partition coefficient (Wildman–Crippen LogP) is 7.51. The Bertz CT molecular complexity index is 1950. The lowest BCUT2D eigenvalue weighted by Gasteiger charge is -2.70. The van der Waals surface area contributed by atoms with Gasteiger partial charge >= 0.3 is 5.97 Å². The zero-order chi connectivity index (χ0) is 37.3. The second kappa shape index (κ2) is 12.7. The van der Waals surface area contributed by atoms with E-state index >= 15 is 0 Å². The number of fused-ring (bicyclic) bond motifs is 7. The molecule has 0 unspecified atom stereocenters. The fourth-order valence-electron chi connectivity index (χ4n) is 10.8. The van der Waals surface area contributed by atoms with Gasteiger partial charge in [0, 0.05) is 11.0 Å². The van der Waals surface area contributed by atoms with Crippen LogP contribution in [0, 0.1) is 39.9 Å². The molecule has 52 heavy (non-hydrogen) atoms. The molecule has 0 saturated heterocycles. The number of ketones is 1. The molecule has 1 N–H and O–H groups in total. The highest BCUT2D eigenvalue weighted by atomic mass is 16.5. The fraction of sp³-hybridized carbons (Fsp3) is 0.558. The number of carbonyl (C=O) groups is 3. The number of hydrogen-bond acceptors (Lipinski definition) is 7. The van der Waals surface area contributed by atoms with E-state index in [1.807, 2.05) is 13.1 Å². The van der Waals surface area contributed by atoms with Crippen LogP contribution in [0.25, 0.3) is 0 Å². The monoisotopic (exact) mass is 706 g/mol. The van der Waals surface area contributed by atoms with Crippen molar-refractivity contribution in [1.29, 1.82) is 0 Å². The van der Waals surface area contributed by atoms with Gasteiger partial charge < -0.3 is 14.8 Å². The molecule has 2 aromatic rings. The number of methoxy groups -OCH3 is 1. The largest absolute Gasteiger partial charge is 0.479 e. The van der Waals surface area contributed by atoms with Gasteiger partial charge in [0.25, 0.3) is 5.91 Å². The maximum atomic E-state index is 13.8. The van der Waals surface area contributed by atoms with E-state index in [1.165, 1.54) is 18.2 Å². The molecule has 3 fully saturated rings. The first-order chi connectivity index (χ1) is 24.5. The highest BCUT2D eigenvalue weighted by Gasteiger charge is 2.67. The molecule has 1 amide bonds. The highest BCUT2D eigenvalue weighted by molar-refractivity contribution is 6.07. The molecule has 9 heteroatoms. The number of amides is 1. The first-order valence-corrected chi connectivity index (χ1v) is 18.9. The lowest BCUT2D eigenvalue weighted by atomic mass is 9.34. The van der Waals surface area contributed by atoms with E-state index in [2.05, 4.69) is 93.6 Å². The predicted molar refractivity (Wildman–Crippen MR) is 198 cm³/mol. The Kier molecular flexibility index (Phi) is 8.82. The van der Waals surface area contributed by atoms with Crippen molar-refractivity contribution in [2.45, 2.75) is 107 Å². The van der Waals surface area contributed by atoms with Crippen LogP contribution in [0.2, 0.25) is 0 Å². The minimum absolute atomic E-state index is 0.00651. The van der Waals surface area contributed by atoms with E-state index in [9.17, 15) is 14.4 Å². The van der Waals surface area contributed by atoms with Crippen molar-refractivity contribution >= 4 is 17.7 Å². The Morgan fingerprint density at radius 2 is 1.69 bits per heavy atom. The minimum atomic E-state index is -0.468. The van der Waals surface area contributed by atoms with Gasteiger partial charge in [0.05, 0.1) is 31.8 Å². The smallest absolute Gasteiger partial charge is 0.311 e. The lowest BCUT2D eigenvalue weighted by molar-refractivity contribution is -0.180. The van der Waals surface area contributed by atoms with E-state index < -0.39 is 5.41 Å². The van der Waals surface area contributed by atoms with Gasteiger partial charge in [-0.1, -0.05) is 80.5 Å². The number of aromatic nitrogens is 3. The second-order valence-corrected chi connectivity index (χ2v) is 17.5.